The molecule has 3 heteroatoms. The Hall–Kier alpha value is -2.06. The van der Waals surface area contributed by atoms with E-state index in [1.807, 2.05) is 0 Å². The van der Waals surface area contributed by atoms with Gasteiger partial charge in [-0.25, -0.2) is 0 Å². The summed E-state index contributed by atoms with van der Waals surface area (Å²) in [5.41, 5.74) is 8.95. The Balaban J connectivity index is 2.38. The van der Waals surface area contributed by atoms with Gasteiger partial charge in [0.25, 0.3) is 6.33 Å². The van der Waals surface area contributed by atoms with Gasteiger partial charge in [0.2, 0.25) is 5.15 Å². The lowest BCUT2D eigenvalue weighted by atomic mass is 9.92. The van der Waals surface area contributed by atoms with Crippen molar-refractivity contribution < 1.29 is 4.57 Å². The molecule has 0 radical (unpaired) electrons. The summed E-state index contributed by atoms with van der Waals surface area (Å²) in [6, 6.07) is 13.4. The van der Waals surface area contributed by atoms with Gasteiger partial charge < -0.3 is 0 Å². The Bertz CT molecular complexity index is 934. The molecule has 0 saturated carbocycles. The highest BCUT2D eigenvalue weighted by Gasteiger charge is 2.29. The fraction of sp³-hybridized carbons (Fsp3) is 0.464. The van der Waals surface area contributed by atoms with E-state index in [9.17, 15) is 0 Å². The molecule has 1 aromatic heterocycles. The minimum atomic E-state index is 0.412. The summed E-state index contributed by atoms with van der Waals surface area (Å²) >= 11 is 7.06. The van der Waals surface area contributed by atoms with Gasteiger partial charge in [0.05, 0.1) is 0 Å². The van der Waals surface area contributed by atoms with Crippen LogP contribution in [-0.4, -0.2) is 4.57 Å². The summed E-state index contributed by atoms with van der Waals surface area (Å²) in [5, 5.41) is 0.781. The Morgan fingerprint density at radius 2 is 1.06 bits per heavy atom. The normalized spacial score (nSPS) is 12.1. The SMILES string of the molecule is Cc1c(Cl)[n+](-c2c(C(C)C)cccc2C(C)C)cn1-c1c(C(C)C)cccc1C(C)C. The predicted octanol–water partition coefficient (Wildman–Crippen LogP) is 8.21. The lowest BCUT2D eigenvalue weighted by molar-refractivity contribution is -0.593. The molecular formula is C28H38ClN2+. The van der Waals surface area contributed by atoms with Gasteiger partial charge in [0.1, 0.15) is 11.4 Å². The van der Waals surface area contributed by atoms with Crippen LogP contribution in [0.1, 0.15) is 107 Å². The van der Waals surface area contributed by atoms with Gasteiger partial charge in [0.15, 0.2) is 5.69 Å². The number of rotatable bonds is 6. The van der Waals surface area contributed by atoms with Gasteiger partial charge in [-0.1, -0.05) is 91.8 Å². The van der Waals surface area contributed by atoms with Crippen LogP contribution in [0.5, 0.6) is 0 Å². The zero-order valence-electron chi connectivity index (χ0n) is 20.6. The van der Waals surface area contributed by atoms with Crippen LogP contribution in [-0.2, 0) is 0 Å². The van der Waals surface area contributed by atoms with E-state index >= 15 is 0 Å². The van der Waals surface area contributed by atoms with Crippen LogP contribution in [0.25, 0.3) is 11.4 Å². The van der Waals surface area contributed by atoms with Crippen LogP contribution in [0.15, 0.2) is 42.7 Å². The first-order chi connectivity index (χ1) is 14.6. The lowest BCUT2D eigenvalue weighted by Gasteiger charge is -2.17. The number of aromatic nitrogens is 2. The summed E-state index contributed by atoms with van der Waals surface area (Å²) in [6.07, 6.45) is 2.21. The molecule has 0 saturated heterocycles. The number of halogens is 1. The first-order valence-corrected chi connectivity index (χ1v) is 12.0. The highest BCUT2D eigenvalue weighted by Crippen LogP contribution is 2.34. The van der Waals surface area contributed by atoms with E-state index in [1.165, 1.54) is 33.6 Å². The van der Waals surface area contributed by atoms with Crippen LogP contribution < -0.4 is 4.57 Å². The molecule has 0 N–H and O–H groups in total. The van der Waals surface area contributed by atoms with E-state index in [1.54, 1.807) is 0 Å². The average Bonchev–Trinajstić information content (AvgIpc) is 3.00. The van der Waals surface area contributed by atoms with Crippen molar-refractivity contribution in [1.29, 1.82) is 0 Å². The number of para-hydroxylation sites is 2. The third-order valence-electron chi connectivity index (χ3n) is 6.27. The van der Waals surface area contributed by atoms with E-state index in [0.717, 1.165) is 10.8 Å². The Kier molecular flexibility index (Phi) is 7.01. The minimum Gasteiger partial charge on any atom is -0.197 e. The van der Waals surface area contributed by atoms with Crippen molar-refractivity contribution in [2.24, 2.45) is 0 Å². The quantitative estimate of drug-likeness (QED) is 0.343. The summed E-state index contributed by atoms with van der Waals surface area (Å²) in [5.74, 6) is 1.68. The molecule has 0 aliphatic carbocycles. The molecule has 0 aliphatic heterocycles. The fourth-order valence-corrected chi connectivity index (χ4v) is 4.71. The van der Waals surface area contributed by atoms with Gasteiger partial charge >= 0.3 is 0 Å². The molecule has 3 rings (SSSR count). The molecule has 0 bridgehead atoms. The highest BCUT2D eigenvalue weighted by molar-refractivity contribution is 6.29. The summed E-state index contributed by atoms with van der Waals surface area (Å²) in [4.78, 5) is 0. The first-order valence-electron chi connectivity index (χ1n) is 11.6. The van der Waals surface area contributed by atoms with Crippen molar-refractivity contribution in [3.63, 3.8) is 0 Å². The van der Waals surface area contributed by atoms with E-state index in [-0.39, 0.29) is 0 Å². The molecule has 2 aromatic carbocycles. The van der Waals surface area contributed by atoms with Gasteiger partial charge in [-0.15, -0.1) is 0 Å². The topological polar surface area (TPSA) is 8.81 Å². The number of hydrogen-bond acceptors (Lipinski definition) is 0. The monoisotopic (exact) mass is 437 g/mol. The highest BCUT2D eigenvalue weighted by atomic mass is 35.5. The molecule has 2 nitrogen and oxygen atoms in total. The van der Waals surface area contributed by atoms with Gasteiger partial charge in [0, 0.05) is 29.2 Å². The maximum absolute atomic E-state index is 7.06. The third kappa shape index (κ3) is 4.32. The average molecular weight is 438 g/mol. The zero-order valence-corrected chi connectivity index (χ0v) is 21.4. The second-order valence-corrected chi connectivity index (χ2v) is 10.3. The number of nitrogens with zero attached hydrogens (tertiary/aromatic N) is 2. The molecule has 0 atom stereocenters. The molecule has 1 heterocycles. The van der Waals surface area contributed by atoms with E-state index in [2.05, 4.69) is 114 Å². The van der Waals surface area contributed by atoms with Crippen molar-refractivity contribution in [3.8, 4) is 11.4 Å². The van der Waals surface area contributed by atoms with Gasteiger partial charge in [-0.2, -0.15) is 9.13 Å². The van der Waals surface area contributed by atoms with Crippen LogP contribution >= 0.6 is 11.6 Å². The molecule has 31 heavy (non-hydrogen) atoms. The predicted molar refractivity (Wildman–Crippen MR) is 133 cm³/mol. The van der Waals surface area contributed by atoms with E-state index in [0.29, 0.717) is 23.7 Å². The van der Waals surface area contributed by atoms with Crippen molar-refractivity contribution in [3.05, 3.63) is 75.8 Å². The zero-order chi connectivity index (χ0) is 23.0. The third-order valence-corrected chi connectivity index (χ3v) is 6.72. The molecule has 0 fully saturated rings. The van der Waals surface area contributed by atoms with Crippen LogP contribution in [0.2, 0.25) is 5.15 Å². The van der Waals surface area contributed by atoms with E-state index in [4.69, 9.17) is 11.6 Å². The fourth-order valence-electron chi connectivity index (χ4n) is 4.49. The second kappa shape index (κ2) is 9.20. The van der Waals surface area contributed by atoms with Crippen LogP contribution in [0.4, 0.5) is 0 Å². The maximum Gasteiger partial charge on any atom is 0.255 e. The van der Waals surface area contributed by atoms with Crippen molar-refractivity contribution in [1.82, 2.24) is 4.57 Å². The summed E-state index contributed by atoms with van der Waals surface area (Å²) < 4.78 is 4.52. The maximum atomic E-state index is 7.06. The van der Waals surface area contributed by atoms with Crippen molar-refractivity contribution in [2.45, 2.75) is 86.0 Å². The van der Waals surface area contributed by atoms with Gasteiger partial charge in [-0.3, -0.25) is 0 Å². The Labute approximate surface area is 193 Å². The standard InChI is InChI=1S/C28H38ClN2/c1-17(2)22-12-10-13-23(18(3)4)26(22)30-16-31(28(29)21(30)9)27-24(19(5)6)14-11-15-25(27)20(7)8/h10-20H,1-9H3/q+1. The Morgan fingerprint density at radius 1 is 0.677 bits per heavy atom. The molecule has 0 spiro atoms. The minimum absolute atomic E-state index is 0.412. The summed E-state index contributed by atoms with van der Waals surface area (Å²) in [6.45, 7) is 20.2. The van der Waals surface area contributed by atoms with Crippen molar-refractivity contribution >= 4 is 11.6 Å². The second-order valence-electron chi connectivity index (χ2n) is 9.92. The van der Waals surface area contributed by atoms with Gasteiger partial charge in [-0.05, 0) is 35.3 Å². The molecule has 0 aliphatic rings. The van der Waals surface area contributed by atoms with Crippen LogP contribution in [0.3, 0.4) is 0 Å². The number of imidazole rings is 1. The molecular weight excluding hydrogens is 400 g/mol. The molecule has 0 unspecified atom stereocenters. The van der Waals surface area contributed by atoms with Crippen molar-refractivity contribution in [2.75, 3.05) is 0 Å². The smallest absolute Gasteiger partial charge is 0.197 e. The lowest BCUT2D eigenvalue weighted by Crippen LogP contribution is -2.33. The Morgan fingerprint density at radius 3 is 1.45 bits per heavy atom. The molecule has 166 valence electrons. The molecule has 0 amide bonds. The van der Waals surface area contributed by atoms with E-state index < -0.39 is 0 Å². The first kappa shape index (κ1) is 23.6. The molecule has 3 aromatic rings. The number of benzene rings is 2. The summed E-state index contributed by atoms with van der Waals surface area (Å²) in [7, 11) is 0. The largest absolute Gasteiger partial charge is 0.255 e. The van der Waals surface area contributed by atoms with Crippen LogP contribution in [0, 0.1) is 6.92 Å². The number of hydrogen-bond donors (Lipinski definition) is 0.